The predicted octanol–water partition coefficient (Wildman–Crippen LogP) is 1.51. The number of fused-ring (bicyclic) bond motifs is 1. The summed E-state index contributed by atoms with van der Waals surface area (Å²) in [7, 11) is 0. The second-order valence-corrected chi connectivity index (χ2v) is 5.23. The molecule has 0 radical (unpaired) electrons. The van der Waals surface area contributed by atoms with E-state index in [2.05, 4.69) is 26.2 Å². The number of nitrogens with zero attached hydrogens (tertiary/aromatic N) is 5. The number of rotatable bonds is 1. The Morgan fingerprint density at radius 2 is 2.14 bits per heavy atom. The van der Waals surface area contributed by atoms with Gasteiger partial charge in [0.1, 0.15) is 17.5 Å². The Balaban J connectivity index is 2.03. The molecule has 2 aromatic rings. The summed E-state index contributed by atoms with van der Waals surface area (Å²) >= 11 is 0. The quantitative estimate of drug-likeness (QED) is 0.851. The zero-order chi connectivity index (χ0) is 15.0. The Morgan fingerprint density at radius 1 is 1.33 bits per heavy atom. The third-order valence-electron chi connectivity index (χ3n) is 4.03. The molecule has 1 aliphatic heterocycles. The highest BCUT2D eigenvalue weighted by molar-refractivity contribution is 5.60. The smallest absolute Gasteiger partial charge is 0.169 e. The van der Waals surface area contributed by atoms with Crippen molar-refractivity contribution >= 4 is 11.6 Å². The van der Waals surface area contributed by atoms with Crippen LogP contribution in [0.3, 0.4) is 0 Å². The molecular weight excluding hydrogens is 264 g/mol. The zero-order valence-corrected chi connectivity index (χ0v) is 12.1. The lowest BCUT2D eigenvalue weighted by molar-refractivity contribution is 0.707. The van der Waals surface area contributed by atoms with Crippen LogP contribution in [0.5, 0.6) is 0 Å². The van der Waals surface area contributed by atoms with Crippen molar-refractivity contribution in [2.75, 3.05) is 17.2 Å². The van der Waals surface area contributed by atoms with Crippen LogP contribution in [0.2, 0.25) is 0 Å². The molecule has 6 nitrogen and oxygen atoms in total. The molecule has 0 fully saturated rings. The number of anilines is 2. The van der Waals surface area contributed by atoms with Crippen LogP contribution in [0.1, 0.15) is 27.9 Å². The van der Waals surface area contributed by atoms with Gasteiger partial charge in [-0.3, -0.25) is 0 Å². The van der Waals surface area contributed by atoms with E-state index in [4.69, 9.17) is 5.73 Å². The van der Waals surface area contributed by atoms with Gasteiger partial charge in [-0.25, -0.2) is 4.98 Å². The fourth-order valence-electron chi connectivity index (χ4n) is 2.62. The summed E-state index contributed by atoms with van der Waals surface area (Å²) in [5.41, 5.74) is 10.5. The summed E-state index contributed by atoms with van der Waals surface area (Å²) < 4.78 is 0. The molecule has 0 aromatic carbocycles. The van der Waals surface area contributed by atoms with Gasteiger partial charge in [-0.2, -0.15) is 10.4 Å². The van der Waals surface area contributed by atoms with Gasteiger partial charge in [0.2, 0.25) is 0 Å². The average molecular weight is 280 g/mol. The molecule has 3 rings (SSSR count). The van der Waals surface area contributed by atoms with E-state index in [0.717, 1.165) is 29.8 Å². The van der Waals surface area contributed by atoms with Gasteiger partial charge in [-0.05, 0) is 37.5 Å². The Hall–Kier alpha value is -2.68. The Bertz CT molecular complexity index is 747. The third kappa shape index (κ3) is 2.17. The molecular formula is C15H16N6. The van der Waals surface area contributed by atoms with Crippen LogP contribution in [0.15, 0.2) is 12.3 Å². The number of hydrogen-bond acceptors (Lipinski definition) is 6. The van der Waals surface area contributed by atoms with Gasteiger partial charge < -0.3 is 10.6 Å². The maximum Gasteiger partial charge on any atom is 0.169 e. The highest BCUT2D eigenvalue weighted by atomic mass is 15.3. The summed E-state index contributed by atoms with van der Waals surface area (Å²) in [5, 5.41) is 17.8. The molecule has 106 valence electrons. The highest BCUT2D eigenvalue weighted by Gasteiger charge is 2.23. The Morgan fingerprint density at radius 3 is 2.90 bits per heavy atom. The van der Waals surface area contributed by atoms with E-state index in [-0.39, 0.29) is 0 Å². The van der Waals surface area contributed by atoms with Crippen molar-refractivity contribution in [3.8, 4) is 6.07 Å². The van der Waals surface area contributed by atoms with E-state index in [1.165, 1.54) is 5.56 Å². The molecule has 21 heavy (non-hydrogen) atoms. The minimum absolute atomic E-state index is 0.549. The molecule has 0 aliphatic carbocycles. The van der Waals surface area contributed by atoms with Crippen molar-refractivity contribution in [2.24, 2.45) is 0 Å². The van der Waals surface area contributed by atoms with E-state index in [1.54, 1.807) is 6.20 Å². The van der Waals surface area contributed by atoms with Crippen molar-refractivity contribution in [3.05, 3.63) is 40.2 Å². The van der Waals surface area contributed by atoms with Gasteiger partial charge in [0, 0.05) is 24.8 Å². The van der Waals surface area contributed by atoms with Gasteiger partial charge in [0.15, 0.2) is 5.82 Å². The average Bonchev–Trinajstić information content (AvgIpc) is 2.50. The lowest BCUT2D eigenvalue weighted by Crippen LogP contribution is -2.33. The number of aryl methyl sites for hydroxylation is 1. The zero-order valence-electron chi connectivity index (χ0n) is 12.1. The van der Waals surface area contributed by atoms with Crippen LogP contribution in [-0.2, 0) is 13.0 Å². The number of hydrogen-bond donors (Lipinski definition) is 1. The van der Waals surface area contributed by atoms with Crippen LogP contribution in [0.25, 0.3) is 0 Å². The van der Waals surface area contributed by atoms with Crippen LogP contribution in [-0.4, -0.2) is 21.7 Å². The summed E-state index contributed by atoms with van der Waals surface area (Å²) in [6.07, 6.45) is 2.60. The lowest BCUT2D eigenvalue weighted by Gasteiger charge is -2.30. The molecule has 0 saturated heterocycles. The second-order valence-electron chi connectivity index (χ2n) is 5.23. The summed E-state index contributed by atoms with van der Waals surface area (Å²) in [5.74, 6) is 1.18. The molecule has 3 heterocycles. The first-order chi connectivity index (χ1) is 10.1. The fourth-order valence-corrected chi connectivity index (χ4v) is 2.62. The van der Waals surface area contributed by atoms with Crippen molar-refractivity contribution in [1.82, 2.24) is 15.2 Å². The fraction of sp³-hybridized carbons (Fsp3) is 0.333. The van der Waals surface area contributed by atoms with E-state index in [0.29, 0.717) is 23.7 Å². The SMILES string of the molecule is Cc1nnc(N2CCc3ccnc(N)c3C2)c(C#N)c1C. The Labute approximate surface area is 123 Å². The van der Waals surface area contributed by atoms with Gasteiger partial charge in [-0.1, -0.05) is 0 Å². The summed E-state index contributed by atoms with van der Waals surface area (Å²) in [6, 6.07) is 4.25. The largest absolute Gasteiger partial charge is 0.383 e. The predicted molar refractivity (Wildman–Crippen MR) is 79.6 cm³/mol. The summed E-state index contributed by atoms with van der Waals surface area (Å²) in [4.78, 5) is 6.20. The van der Waals surface area contributed by atoms with Crippen molar-refractivity contribution in [1.29, 1.82) is 5.26 Å². The third-order valence-corrected chi connectivity index (χ3v) is 4.03. The molecule has 0 spiro atoms. The van der Waals surface area contributed by atoms with Gasteiger partial charge in [-0.15, -0.1) is 5.10 Å². The summed E-state index contributed by atoms with van der Waals surface area (Å²) in [6.45, 7) is 5.17. The second kappa shape index (κ2) is 5.02. The van der Waals surface area contributed by atoms with Crippen molar-refractivity contribution < 1.29 is 0 Å². The normalized spacial score (nSPS) is 13.7. The van der Waals surface area contributed by atoms with Crippen LogP contribution >= 0.6 is 0 Å². The molecule has 1 aliphatic rings. The van der Waals surface area contributed by atoms with Gasteiger partial charge >= 0.3 is 0 Å². The maximum absolute atomic E-state index is 9.42. The van der Waals surface area contributed by atoms with E-state index < -0.39 is 0 Å². The van der Waals surface area contributed by atoms with Crippen LogP contribution < -0.4 is 10.6 Å². The number of nitrogen functional groups attached to an aromatic ring is 1. The topological polar surface area (TPSA) is 91.7 Å². The standard InChI is InChI=1S/C15H16N6/c1-9-10(2)19-20-15(12(9)7-16)21-6-4-11-3-5-18-14(17)13(11)8-21/h3,5H,4,6,8H2,1-2H3,(H2,17,18). The first kappa shape index (κ1) is 13.3. The number of nitrogens with two attached hydrogens (primary N) is 1. The number of nitriles is 1. The molecule has 0 saturated carbocycles. The van der Waals surface area contributed by atoms with Crippen molar-refractivity contribution in [2.45, 2.75) is 26.8 Å². The molecule has 2 N–H and O–H groups in total. The number of pyridine rings is 1. The minimum Gasteiger partial charge on any atom is -0.383 e. The van der Waals surface area contributed by atoms with E-state index in [9.17, 15) is 5.26 Å². The molecule has 0 unspecified atom stereocenters. The minimum atomic E-state index is 0.549. The van der Waals surface area contributed by atoms with Gasteiger partial charge in [0.25, 0.3) is 0 Å². The van der Waals surface area contributed by atoms with E-state index in [1.807, 2.05) is 19.9 Å². The molecule has 0 amide bonds. The monoisotopic (exact) mass is 280 g/mol. The number of aromatic nitrogens is 3. The first-order valence-electron chi connectivity index (χ1n) is 6.83. The van der Waals surface area contributed by atoms with Crippen LogP contribution in [0, 0.1) is 25.2 Å². The van der Waals surface area contributed by atoms with Crippen molar-refractivity contribution in [3.63, 3.8) is 0 Å². The van der Waals surface area contributed by atoms with Gasteiger partial charge in [0.05, 0.1) is 5.69 Å². The lowest BCUT2D eigenvalue weighted by atomic mass is 10.0. The maximum atomic E-state index is 9.42. The molecule has 0 bridgehead atoms. The van der Waals surface area contributed by atoms with E-state index >= 15 is 0 Å². The Kier molecular flexibility index (Phi) is 3.18. The highest BCUT2D eigenvalue weighted by Crippen LogP contribution is 2.28. The molecule has 2 aromatic heterocycles. The molecule has 0 atom stereocenters. The van der Waals surface area contributed by atoms with Crippen LogP contribution in [0.4, 0.5) is 11.6 Å². The molecule has 6 heteroatoms. The first-order valence-corrected chi connectivity index (χ1v) is 6.83.